The minimum Gasteiger partial charge on any atom is -0.481 e. The van der Waals surface area contributed by atoms with Gasteiger partial charge in [0.25, 0.3) is 0 Å². The number of aliphatic carboxylic acids is 1. The molecule has 0 radical (unpaired) electrons. The fourth-order valence-corrected chi connectivity index (χ4v) is 4.70. The van der Waals surface area contributed by atoms with Gasteiger partial charge in [-0.05, 0) is 19.8 Å². The van der Waals surface area contributed by atoms with E-state index >= 15 is 0 Å². The summed E-state index contributed by atoms with van der Waals surface area (Å²) in [6.07, 6.45) is 30.9. The maximum absolute atomic E-state index is 11.8. The fraction of sp³-hybridized carbons (Fsp3) is 0.966. The van der Waals surface area contributed by atoms with Crippen molar-refractivity contribution in [2.75, 3.05) is 0 Å². The van der Waals surface area contributed by atoms with Gasteiger partial charge in [0.1, 0.15) is 0 Å². The predicted molar refractivity (Wildman–Crippen MR) is 138 cm³/mol. The fourth-order valence-electron chi connectivity index (χ4n) is 4.70. The number of carboxylic acids is 1. The van der Waals surface area contributed by atoms with Crippen molar-refractivity contribution in [2.24, 2.45) is 5.41 Å². The zero-order chi connectivity index (χ0) is 23.0. The van der Waals surface area contributed by atoms with Gasteiger partial charge in [-0.2, -0.15) is 0 Å². The third kappa shape index (κ3) is 19.9. The maximum atomic E-state index is 11.8. The third-order valence-corrected chi connectivity index (χ3v) is 7.18. The van der Waals surface area contributed by atoms with E-state index in [4.69, 9.17) is 0 Å². The van der Waals surface area contributed by atoms with Crippen LogP contribution in [0.2, 0.25) is 0 Å². The Balaban J connectivity index is 3.62. The molecule has 0 aliphatic carbocycles. The SMILES string of the molecule is CCCCCCCCCCCCCCC(C)(CCCCCCCCCCCC)C(=O)O. The molecular weight excluding hydrogens is 380 g/mol. The molecule has 2 nitrogen and oxygen atoms in total. The van der Waals surface area contributed by atoms with Gasteiger partial charge in [-0.15, -0.1) is 0 Å². The van der Waals surface area contributed by atoms with E-state index in [1.54, 1.807) is 0 Å². The Labute approximate surface area is 196 Å². The molecule has 186 valence electrons. The molecule has 0 saturated heterocycles. The summed E-state index contributed by atoms with van der Waals surface area (Å²) in [5, 5.41) is 9.75. The average molecular weight is 439 g/mol. The van der Waals surface area contributed by atoms with E-state index in [1.807, 2.05) is 6.92 Å². The molecule has 0 aromatic heterocycles. The van der Waals surface area contributed by atoms with Crippen LogP contribution in [0.5, 0.6) is 0 Å². The van der Waals surface area contributed by atoms with Crippen LogP contribution in [0.4, 0.5) is 0 Å². The Hall–Kier alpha value is -0.530. The summed E-state index contributed by atoms with van der Waals surface area (Å²) in [6, 6.07) is 0. The van der Waals surface area contributed by atoms with Crippen LogP contribution >= 0.6 is 0 Å². The van der Waals surface area contributed by atoms with E-state index < -0.39 is 11.4 Å². The molecule has 0 aromatic rings. The second-order valence-electron chi connectivity index (χ2n) is 10.4. The van der Waals surface area contributed by atoms with E-state index in [0.717, 1.165) is 25.7 Å². The Bertz CT molecular complexity index is 379. The number of carboxylic acid groups (broad SMARTS) is 1. The minimum absolute atomic E-state index is 0.501. The van der Waals surface area contributed by atoms with E-state index in [-0.39, 0.29) is 0 Å². The lowest BCUT2D eigenvalue weighted by Gasteiger charge is -2.24. The van der Waals surface area contributed by atoms with Crippen LogP contribution in [0.15, 0.2) is 0 Å². The Morgan fingerprint density at radius 2 is 0.710 bits per heavy atom. The highest BCUT2D eigenvalue weighted by atomic mass is 16.4. The van der Waals surface area contributed by atoms with Crippen LogP contribution in [0, 0.1) is 5.41 Å². The highest BCUT2D eigenvalue weighted by molar-refractivity contribution is 5.74. The van der Waals surface area contributed by atoms with Gasteiger partial charge in [0.15, 0.2) is 0 Å². The Kier molecular flexibility index (Phi) is 22.3. The molecule has 0 bridgehead atoms. The van der Waals surface area contributed by atoms with Crippen LogP contribution in [0.3, 0.4) is 0 Å². The summed E-state index contributed by atoms with van der Waals surface area (Å²) < 4.78 is 0. The Morgan fingerprint density at radius 3 is 0.935 bits per heavy atom. The van der Waals surface area contributed by atoms with Gasteiger partial charge in [-0.1, -0.05) is 155 Å². The summed E-state index contributed by atoms with van der Waals surface area (Å²) >= 11 is 0. The first-order valence-electron chi connectivity index (χ1n) is 14.3. The van der Waals surface area contributed by atoms with Gasteiger partial charge < -0.3 is 5.11 Å². The van der Waals surface area contributed by atoms with Crippen molar-refractivity contribution in [3.05, 3.63) is 0 Å². The van der Waals surface area contributed by atoms with Gasteiger partial charge in [-0.3, -0.25) is 4.79 Å². The van der Waals surface area contributed by atoms with Crippen molar-refractivity contribution < 1.29 is 9.90 Å². The monoisotopic (exact) mass is 438 g/mol. The zero-order valence-corrected chi connectivity index (χ0v) is 21.8. The van der Waals surface area contributed by atoms with E-state index in [9.17, 15) is 9.90 Å². The predicted octanol–water partition coefficient (Wildman–Crippen LogP) is 10.5. The standard InChI is InChI=1S/C29H58O2/c1-4-6-8-10-12-14-16-17-19-21-23-25-27-29(3,28(30)31)26-24-22-20-18-15-13-11-9-7-5-2/h4-27H2,1-3H3,(H,30,31). The average Bonchev–Trinajstić information content (AvgIpc) is 2.75. The van der Waals surface area contributed by atoms with Crippen LogP contribution in [-0.2, 0) is 4.79 Å². The first-order valence-corrected chi connectivity index (χ1v) is 14.3. The topological polar surface area (TPSA) is 37.3 Å². The molecule has 1 atom stereocenters. The number of rotatable bonds is 25. The summed E-state index contributed by atoms with van der Waals surface area (Å²) in [7, 11) is 0. The second-order valence-corrected chi connectivity index (χ2v) is 10.4. The van der Waals surface area contributed by atoms with Crippen molar-refractivity contribution in [3.8, 4) is 0 Å². The van der Waals surface area contributed by atoms with Crippen LogP contribution in [0.25, 0.3) is 0 Å². The molecule has 2 heteroatoms. The summed E-state index contributed by atoms with van der Waals surface area (Å²) in [6.45, 7) is 6.53. The first kappa shape index (κ1) is 30.5. The molecule has 0 aliphatic heterocycles. The molecule has 1 unspecified atom stereocenters. The first-order chi connectivity index (χ1) is 15.1. The number of hydrogen-bond acceptors (Lipinski definition) is 1. The molecule has 0 saturated carbocycles. The van der Waals surface area contributed by atoms with Crippen LogP contribution in [0.1, 0.15) is 175 Å². The highest BCUT2D eigenvalue weighted by Gasteiger charge is 2.31. The van der Waals surface area contributed by atoms with Crippen molar-refractivity contribution in [1.29, 1.82) is 0 Å². The van der Waals surface area contributed by atoms with Gasteiger partial charge >= 0.3 is 5.97 Å². The van der Waals surface area contributed by atoms with E-state index in [0.29, 0.717) is 0 Å². The van der Waals surface area contributed by atoms with Crippen molar-refractivity contribution >= 4 is 5.97 Å². The smallest absolute Gasteiger partial charge is 0.309 e. The summed E-state index contributed by atoms with van der Waals surface area (Å²) in [5.41, 5.74) is -0.501. The molecular formula is C29H58O2. The van der Waals surface area contributed by atoms with Gasteiger partial charge in [0, 0.05) is 0 Å². The number of hydrogen-bond donors (Lipinski definition) is 1. The lowest BCUT2D eigenvalue weighted by molar-refractivity contribution is -0.149. The normalized spacial score (nSPS) is 13.4. The highest BCUT2D eigenvalue weighted by Crippen LogP contribution is 2.32. The maximum Gasteiger partial charge on any atom is 0.309 e. The molecule has 0 fully saturated rings. The third-order valence-electron chi connectivity index (χ3n) is 7.18. The van der Waals surface area contributed by atoms with Crippen LogP contribution < -0.4 is 0 Å². The second kappa shape index (κ2) is 22.7. The number of unbranched alkanes of at least 4 members (excludes halogenated alkanes) is 20. The molecule has 1 N–H and O–H groups in total. The number of carbonyl (C=O) groups is 1. The van der Waals surface area contributed by atoms with Gasteiger partial charge in [-0.25, -0.2) is 0 Å². The minimum atomic E-state index is -0.577. The van der Waals surface area contributed by atoms with Crippen molar-refractivity contribution in [3.63, 3.8) is 0 Å². The molecule has 0 aromatic carbocycles. The summed E-state index contributed by atoms with van der Waals surface area (Å²) in [5.74, 6) is -0.577. The summed E-state index contributed by atoms with van der Waals surface area (Å²) in [4.78, 5) is 11.8. The molecule has 0 heterocycles. The van der Waals surface area contributed by atoms with Crippen LogP contribution in [-0.4, -0.2) is 11.1 Å². The molecule has 31 heavy (non-hydrogen) atoms. The van der Waals surface area contributed by atoms with Crippen molar-refractivity contribution in [2.45, 2.75) is 175 Å². The quantitative estimate of drug-likeness (QED) is 0.144. The van der Waals surface area contributed by atoms with Gasteiger partial charge in [0.2, 0.25) is 0 Å². The van der Waals surface area contributed by atoms with Crippen molar-refractivity contribution in [1.82, 2.24) is 0 Å². The molecule has 0 aliphatic rings. The molecule has 0 spiro atoms. The van der Waals surface area contributed by atoms with E-state index in [1.165, 1.54) is 128 Å². The molecule has 0 amide bonds. The molecule has 0 rings (SSSR count). The zero-order valence-electron chi connectivity index (χ0n) is 21.8. The van der Waals surface area contributed by atoms with Gasteiger partial charge in [0.05, 0.1) is 5.41 Å². The largest absolute Gasteiger partial charge is 0.481 e. The lowest BCUT2D eigenvalue weighted by atomic mass is 9.80. The van der Waals surface area contributed by atoms with E-state index in [2.05, 4.69) is 13.8 Å². The Morgan fingerprint density at radius 1 is 0.484 bits per heavy atom. The lowest BCUT2D eigenvalue weighted by Crippen LogP contribution is -2.27.